The Bertz CT molecular complexity index is 697. The monoisotopic (exact) mass is 316 g/mol. The van der Waals surface area contributed by atoms with Crippen molar-refractivity contribution in [1.82, 2.24) is 10.6 Å². The molecule has 0 unspecified atom stereocenters. The Morgan fingerprint density at radius 3 is 2.59 bits per heavy atom. The number of rotatable bonds is 4. The number of thiocarbonyl (C=S) groups is 1. The number of nitrogens with one attached hydrogen (secondary N) is 2. The highest BCUT2D eigenvalue weighted by Gasteiger charge is 2.26. The van der Waals surface area contributed by atoms with Crippen LogP contribution in [0.1, 0.15) is 5.56 Å². The molecule has 112 valence electrons. The van der Waals surface area contributed by atoms with Gasteiger partial charge in [-0.1, -0.05) is 5.92 Å². The van der Waals surface area contributed by atoms with Gasteiger partial charge in [-0.05, 0) is 30.4 Å². The number of methoxy groups -OCH3 is 1. The smallest absolute Gasteiger partial charge is 0.263 e. The maximum absolute atomic E-state index is 11.8. The maximum Gasteiger partial charge on any atom is 0.263 e. The maximum atomic E-state index is 11.8. The van der Waals surface area contributed by atoms with E-state index >= 15 is 0 Å². The Labute approximate surface area is 132 Å². The fourth-order valence-electron chi connectivity index (χ4n) is 1.77. The first kappa shape index (κ1) is 15.5. The van der Waals surface area contributed by atoms with Crippen molar-refractivity contribution in [3.63, 3.8) is 0 Å². The summed E-state index contributed by atoms with van der Waals surface area (Å²) in [7, 11) is 1.52. The third kappa shape index (κ3) is 3.42. The summed E-state index contributed by atoms with van der Waals surface area (Å²) in [5.74, 6) is 2.16. The molecule has 1 aromatic rings. The van der Waals surface area contributed by atoms with E-state index in [1.807, 2.05) is 0 Å². The minimum Gasteiger partial charge on any atom is -0.497 e. The number of ether oxygens (including phenoxy) is 2. The number of carbonyl (C=O) groups is 2. The summed E-state index contributed by atoms with van der Waals surface area (Å²) in [5.41, 5.74) is 0.438. The van der Waals surface area contributed by atoms with Gasteiger partial charge in [0.1, 0.15) is 23.7 Å². The summed E-state index contributed by atoms with van der Waals surface area (Å²) in [6.07, 6.45) is 6.58. The number of hydrogen-bond donors (Lipinski definition) is 2. The number of carbonyl (C=O) groups excluding carboxylic acids is 2. The van der Waals surface area contributed by atoms with Crippen molar-refractivity contribution < 1.29 is 19.1 Å². The van der Waals surface area contributed by atoms with Gasteiger partial charge in [0.05, 0.1) is 7.11 Å². The minimum atomic E-state index is -0.576. The van der Waals surface area contributed by atoms with E-state index in [1.165, 1.54) is 13.2 Å². The average molecular weight is 316 g/mol. The summed E-state index contributed by atoms with van der Waals surface area (Å²) in [4.78, 5) is 23.7. The van der Waals surface area contributed by atoms with Crippen LogP contribution in [-0.2, 0) is 9.59 Å². The van der Waals surface area contributed by atoms with Crippen LogP contribution in [0.5, 0.6) is 11.5 Å². The molecule has 1 aliphatic heterocycles. The standard InChI is InChI=1S/C15H12N2O4S/c1-3-6-21-12-8-10(20-2)5-4-9(12)7-11-13(18)16-15(22)17-14(11)19/h1,4-5,7-8H,6H2,2H3,(H2,16,17,18,19,22). The molecule has 0 radical (unpaired) electrons. The molecular weight excluding hydrogens is 304 g/mol. The predicted molar refractivity (Wildman–Crippen MR) is 84.2 cm³/mol. The summed E-state index contributed by atoms with van der Waals surface area (Å²) in [5, 5.41) is 4.70. The van der Waals surface area contributed by atoms with Crippen LogP contribution in [0.15, 0.2) is 23.8 Å². The Balaban J connectivity index is 2.41. The molecule has 2 N–H and O–H groups in total. The quantitative estimate of drug-likeness (QED) is 0.369. The van der Waals surface area contributed by atoms with Gasteiger partial charge in [0, 0.05) is 11.6 Å². The van der Waals surface area contributed by atoms with Crippen molar-refractivity contribution in [3.05, 3.63) is 29.3 Å². The number of hydrogen-bond acceptors (Lipinski definition) is 5. The van der Waals surface area contributed by atoms with Crippen LogP contribution in [0.4, 0.5) is 0 Å². The van der Waals surface area contributed by atoms with Crippen molar-refractivity contribution in [3.8, 4) is 23.8 Å². The number of benzene rings is 1. The summed E-state index contributed by atoms with van der Waals surface area (Å²) in [6.45, 7) is 0.0474. The third-order valence-electron chi connectivity index (χ3n) is 2.77. The van der Waals surface area contributed by atoms with E-state index in [9.17, 15) is 9.59 Å². The van der Waals surface area contributed by atoms with Gasteiger partial charge in [-0.2, -0.15) is 0 Å². The van der Waals surface area contributed by atoms with Crippen molar-refractivity contribution >= 4 is 35.2 Å². The zero-order valence-corrected chi connectivity index (χ0v) is 12.5. The Morgan fingerprint density at radius 1 is 1.32 bits per heavy atom. The van der Waals surface area contributed by atoms with Crippen LogP contribution in [0.2, 0.25) is 0 Å². The van der Waals surface area contributed by atoms with Gasteiger partial charge in [0.2, 0.25) is 0 Å². The minimum absolute atomic E-state index is 0.0225. The number of amides is 2. The lowest BCUT2D eigenvalue weighted by Crippen LogP contribution is -2.51. The topological polar surface area (TPSA) is 76.7 Å². The van der Waals surface area contributed by atoms with Gasteiger partial charge in [0.15, 0.2) is 5.11 Å². The molecule has 2 rings (SSSR count). The lowest BCUT2D eigenvalue weighted by Gasteiger charge is -2.17. The van der Waals surface area contributed by atoms with Crippen molar-refractivity contribution in [2.75, 3.05) is 13.7 Å². The van der Waals surface area contributed by atoms with Gasteiger partial charge in [-0.3, -0.25) is 20.2 Å². The van der Waals surface area contributed by atoms with Crippen molar-refractivity contribution in [1.29, 1.82) is 0 Å². The predicted octanol–water partition coefficient (Wildman–Crippen LogP) is 0.622. The van der Waals surface area contributed by atoms with E-state index in [4.69, 9.17) is 28.1 Å². The molecule has 7 heteroatoms. The molecule has 0 saturated carbocycles. The SMILES string of the molecule is C#CCOc1cc(OC)ccc1C=C1C(=O)NC(=S)NC1=O. The zero-order valence-electron chi connectivity index (χ0n) is 11.6. The molecule has 0 atom stereocenters. The molecule has 0 bridgehead atoms. The third-order valence-corrected chi connectivity index (χ3v) is 2.98. The van der Waals surface area contributed by atoms with Gasteiger partial charge < -0.3 is 9.47 Å². The van der Waals surface area contributed by atoms with Crippen LogP contribution >= 0.6 is 12.2 Å². The first-order chi connectivity index (χ1) is 10.5. The van der Waals surface area contributed by atoms with Crippen LogP contribution in [0, 0.1) is 12.3 Å². The molecule has 1 aromatic carbocycles. The molecule has 2 amide bonds. The van der Waals surface area contributed by atoms with Crippen molar-refractivity contribution in [2.45, 2.75) is 0 Å². The summed E-state index contributed by atoms with van der Waals surface area (Å²) >= 11 is 4.74. The molecular formula is C15H12N2O4S. The second-order valence-corrected chi connectivity index (χ2v) is 4.60. The molecule has 1 saturated heterocycles. The highest BCUT2D eigenvalue weighted by Crippen LogP contribution is 2.27. The Morgan fingerprint density at radius 2 is 2.00 bits per heavy atom. The van der Waals surface area contributed by atoms with Crippen molar-refractivity contribution in [2.24, 2.45) is 0 Å². The Kier molecular flexibility index (Phi) is 4.76. The zero-order chi connectivity index (χ0) is 16.1. The van der Waals surface area contributed by atoms with Gasteiger partial charge in [0.25, 0.3) is 11.8 Å². The molecule has 0 spiro atoms. The van der Waals surface area contributed by atoms with E-state index in [-0.39, 0.29) is 17.3 Å². The average Bonchev–Trinajstić information content (AvgIpc) is 2.49. The molecule has 6 nitrogen and oxygen atoms in total. The highest BCUT2D eigenvalue weighted by atomic mass is 32.1. The molecule has 1 fully saturated rings. The van der Waals surface area contributed by atoms with Gasteiger partial charge >= 0.3 is 0 Å². The lowest BCUT2D eigenvalue weighted by atomic mass is 10.1. The molecule has 0 aliphatic carbocycles. The van der Waals surface area contributed by atoms with Crippen LogP contribution < -0.4 is 20.1 Å². The van der Waals surface area contributed by atoms with E-state index in [2.05, 4.69) is 16.6 Å². The number of terminal acetylenes is 1. The fraction of sp³-hybridized carbons (Fsp3) is 0.133. The van der Waals surface area contributed by atoms with E-state index in [0.29, 0.717) is 17.1 Å². The largest absolute Gasteiger partial charge is 0.497 e. The molecule has 0 aromatic heterocycles. The molecule has 1 heterocycles. The van der Waals surface area contributed by atoms with Crippen LogP contribution in [0.3, 0.4) is 0 Å². The normalized spacial score (nSPS) is 13.8. The van der Waals surface area contributed by atoms with Gasteiger partial charge in [-0.15, -0.1) is 6.42 Å². The van der Waals surface area contributed by atoms with E-state index in [1.54, 1.807) is 18.2 Å². The van der Waals surface area contributed by atoms with Gasteiger partial charge in [-0.25, -0.2) is 0 Å². The summed E-state index contributed by atoms with van der Waals surface area (Å²) < 4.78 is 10.5. The first-order valence-electron chi connectivity index (χ1n) is 6.18. The van der Waals surface area contributed by atoms with Crippen LogP contribution in [-0.4, -0.2) is 30.6 Å². The molecule has 22 heavy (non-hydrogen) atoms. The van der Waals surface area contributed by atoms with E-state index in [0.717, 1.165) is 0 Å². The fourth-order valence-corrected chi connectivity index (χ4v) is 1.95. The molecule has 1 aliphatic rings. The lowest BCUT2D eigenvalue weighted by molar-refractivity contribution is -0.123. The Hall–Kier alpha value is -2.85. The highest BCUT2D eigenvalue weighted by molar-refractivity contribution is 7.80. The second-order valence-electron chi connectivity index (χ2n) is 4.19. The second kappa shape index (κ2) is 6.74. The summed E-state index contributed by atoms with van der Waals surface area (Å²) in [6, 6.07) is 4.95. The van der Waals surface area contributed by atoms with Crippen LogP contribution in [0.25, 0.3) is 6.08 Å². The first-order valence-corrected chi connectivity index (χ1v) is 6.58. The van der Waals surface area contributed by atoms with E-state index < -0.39 is 11.8 Å².